The van der Waals surface area contributed by atoms with E-state index >= 15 is 0 Å². The smallest absolute Gasteiger partial charge is 0.145 e. The van der Waals surface area contributed by atoms with Crippen molar-refractivity contribution >= 4 is 37.6 Å². The van der Waals surface area contributed by atoms with Crippen LogP contribution in [0.1, 0.15) is 98.9 Å². The van der Waals surface area contributed by atoms with E-state index in [2.05, 4.69) is 175 Å². The minimum atomic E-state index is -1.78. The van der Waals surface area contributed by atoms with Gasteiger partial charge in [-0.05, 0) is 83.2 Å². The Kier molecular flexibility index (Phi) is 9.78. The van der Waals surface area contributed by atoms with E-state index < -0.39 is 16.1 Å². The minimum absolute atomic E-state index is 0.0678. The van der Waals surface area contributed by atoms with Crippen LogP contribution in [0.15, 0.2) is 60.8 Å². The molecule has 0 aliphatic heterocycles. The molecule has 0 fully saturated rings. The molecule has 272 valence electrons. The van der Waals surface area contributed by atoms with Gasteiger partial charge in [-0.3, -0.25) is 4.98 Å². The van der Waals surface area contributed by atoms with E-state index in [0.717, 1.165) is 50.4 Å². The number of phenolic OH excluding ortho intramolecular Hbond substituents is 1. The predicted molar refractivity (Wildman–Crippen MR) is 228 cm³/mol. The van der Waals surface area contributed by atoms with E-state index in [9.17, 15) is 5.11 Å². The fourth-order valence-electron chi connectivity index (χ4n) is 6.79. The van der Waals surface area contributed by atoms with Crippen molar-refractivity contribution in [1.82, 2.24) is 14.5 Å². The Hall–Kier alpha value is -3.49. The molecule has 3 aromatic carbocycles. The fraction of sp³-hybridized carbons (Fsp3) is 0.467. The van der Waals surface area contributed by atoms with Crippen LogP contribution < -0.4 is 10.4 Å². The highest BCUT2D eigenvalue weighted by Crippen LogP contribution is 2.44. The lowest BCUT2D eigenvalue weighted by Gasteiger charge is -2.28. The average molecular weight is 718 g/mol. The number of aromatic hydroxyl groups is 1. The van der Waals surface area contributed by atoms with Crippen molar-refractivity contribution in [2.24, 2.45) is 0 Å². The Morgan fingerprint density at radius 3 is 1.73 bits per heavy atom. The van der Waals surface area contributed by atoms with Gasteiger partial charge in [0.1, 0.15) is 11.6 Å². The summed E-state index contributed by atoms with van der Waals surface area (Å²) < 4.78 is 2.36. The Balaban J connectivity index is 1.93. The molecule has 0 unspecified atom stereocenters. The maximum atomic E-state index is 12.1. The SMILES string of the molecule is CC(C)n1c(-c2cc(C(C)(C)C)cc(C(C)(C)C)c2O)nc2c(-c3cc(-c4cc([Si](C)(C)C)ccn4)cc(C(C)(C)C)c3)cc([Si](C)(C)C)cc21. The van der Waals surface area contributed by atoms with Gasteiger partial charge in [-0.15, -0.1) is 0 Å². The summed E-state index contributed by atoms with van der Waals surface area (Å²) >= 11 is 0. The molecule has 0 saturated heterocycles. The van der Waals surface area contributed by atoms with Crippen molar-refractivity contribution in [1.29, 1.82) is 0 Å². The highest BCUT2D eigenvalue weighted by molar-refractivity contribution is 6.89. The van der Waals surface area contributed by atoms with Crippen LogP contribution in [0.25, 0.3) is 44.8 Å². The second-order valence-electron chi connectivity index (χ2n) is 20.2. The van der Waals surface area contributed by atoms with Crippen LogP contribution in [0.2, 0.25) is 39.3 Å². The maximum absolute atomic E-state index is 12.1. The molecule has 0 radical (unpaired) electrons. The van der Waals surface area contributed by atoms with Crippen LogP contribution in [-0.4, -0.2) is 35.8 Å². The van der Waals surface area contributed by atoms with Gasteiger partial charge >= 0.3 is 0 Å². The quantitative estimate of drug-likeness (QED) is 0.178. The monoisotopic (exact) mass is 717 g/mol. The molecule has 0 amide bonds. The zero-order chi connectivity index (χ0) is 38.2. The molecule has 0 saturated carbocycles. The largest absolute Gasteiger partial charge is 0.507 e. The van der Waals surface area contributed by atoms with Crippen LogP contribution in [0.4, 0.5) is 0 Å². The van der Waals surface area contributed by atoms with Crippen molar-refractivity contribution in [3.8, 4) is 39.5 Å². The molecule has 0 aliphatic carbocycles. The molecule has 0 atom stereocenters. The number of hydrogen-bond acceptors (Lipinski definition) is 3. The Morgan fingerprint density at radius 1 is 0.627 bits per heavy atom. The number of hydrogen-bond donors (Lipinski definition) is 1. The van der Waals surface area contributed by atoms with Gasteiger partial charge in [0.25, 0.3) is 0 Å². The highest BCUT2D eigenvalue weighted by Gasteiger charge is 2.30. The van der Waals surface area contributed by atoms with E-state index in [1.54, 1.807) is 0 Å². The molecule has 6 heteroatoms. The third kappa shape index (κ3) is 7.83. The van der Waals surface area contributed by atoms with Gasteiger partial charge in [0.05, 0.1) is 38.4 Å². The number of pyridine rings is 1. The van der Waals surface area contributed by atoms with Crippen molar-refractivity contribution in [3.05, 3.63) is 77.5 Å². The van der Waals surface area contributed by atoms with Gasteiger partial charge in [0.2, 0.25) is 0 Å². The summed E-state index contributed by atoms with van der Waals surface area (Å²) in [4.78, 5) is 10.5. The zero-order valence-electron chi connectivity index (χ0n) is 34.6. The molecule has 5 aromatic rings. The second-order valence-corrected chi connectivity index (χ2v) is 30.3. The van der Waals surface area contributed by atoms with E-state index in [-0.39, 0.29) is 22.3 Å². The number of phenols is 1. The number of nitrogens with zero attached hydrogens (tertiary/aromatic N) is 3. The molecule has 5 rings (SSSR count). The first-order valence-corrected chi connectivity index (χ1v) is 25.8. The average Bonchev–Trinajstić information content (AvgIpc) is 3.38. The standard InChI is InChI=1S/C45H63N3OSi2/c1-28(2)48-39-27-34(51(15,16)17)25-35(40(39)47-42(48)36-23-32(44(6,7)8)24-37(41(36)49)45(9,10)11)29-20-30(22-31(21-29)43(3,4)5)38-26-33(18-19-46-38)50(12,13)14/h18-28,49H,1-17H3. The van der Waals surface area contributed by atoms with E-state index in [1.807, 2.05) is 6.20 Å². The van der Waals surface area contributed by atoms with Crippen LogP contribution in [0.5, 0.6) is 5.75 Å². The molecule has 2 aromatic heterocycles. The van der Waals surface area contributed by atoms with Crippen molar-refractivity contribution in [3.63, 3.8) is 0 Å². The number of imidazole rings is 1. The molecule has 0 aliphatic rings. The number of fused-ring (bicyclic) bond motifs is 1. The Bertz CT molecular complexity index is 2100. The van der Waals surface area contributed by atoms with Crippen LogP contribution in [0, 0.1) is 0 Å². The lowest BCUT2D eigenvalue weighted by Crippen LogP contribution is -2.37. The number of benzene rings is 3. The van der Waals surface area contributed by atoms with E-state index in [1.165, 1.54) is 21.5 Å². The number of rotatable bonds is 6. The summed E-state index contributed by atoms with van der Waals surface area (Å²) in [6.07, 6.45) is 1.98. The number of aromatic nitrogens is 3. The molecular weight excluding hydrogens is 655 g/mol. The highest BCUT2D eigenvalue weighted by atomic mass is 28.3. The van der Waals surface area contributed by atoms with Crippen molar-refractivity contribution in [2.45, 2.75) is 138 Å². The zero-order valence-corrected chi connectivity index (χ0v) is 36.6. The van der Waals surface area contributed by atoms with Crippen molar-refractivity contribution in [2.75, 3.05) is 0 Å². The topological polar surface area (TPSA) is 50.9 Å². The summed E-state index contributed by atoms with van der Waals surface area (Å²) in [5, 5.41) is 14.9. The van der Waals surface area contributed by atoms with Crippen molar-refractivity contribution < 1.29 is 5.11 Å². The first-order chi connectivity index (χ1) is 23.2. The minimum Gasteiger partial charge on any atom is -0.507 e. The molecule has 2 heterocycles. The predicted octanol–water partition coefficient (Wildman–Crippen LogP) is 11.7. The summed E-state index contributed by atoms with van der Waals surface area (Å²) in [7, 11) is -3.32. The summed E-state index contributed by atoms with van der Waals surface area (Å²) in [5.41, 5.74) is 10.4. The summed E-state index contributed by atoms with van der Waals surface area (Å²) in [5.74, 6) is 1.14. The van der Waals surface area contributed by atoms with Crippen LogP contribution in [-0.2, 0) is 16.2 Å². The normalized spacial score (nSPS) is 13.5. The van der Waals surface area contributed by atoms with Gasteiger partial charge in [0, 0.05) is 28.9 Å². The molecule has 51 heavy (non-hydrogen) atoms. The lowest BCUT2D eigenvalue weighted by atomic mass is 9.79. The first-order valence-electron chi connectivity index (χ1n) is 18.8. The van der Waals surface area contributed by atoms with Gasteiger partial charge in [-0.25, -0.2) is 4.98 Å². The summed E-state index contributed by atoms with van der Waals surface area (Å²) in [6.45, 7) is 39.0. The molecule has 4 nitrogen and oxygen atoms in total. The van der Waals surface area contributed by atoms with Crippen LogP contribution in [0.3, 0.4) is 0 Å². The van der Waals surface area contributed by atoms with Gasteiger partial charge in [-0.2, -0.15) is 0 Å². The summed E-state index contributed by atoms with van der Waals surface area (Å²) in [6, 6.07) is 20.9. The molecule has 0 bridgehead atoms. The molecule has 0 spiro atoms. The molecular formula is C45H63N3OSi2. The first kappa shape index (κ1) is 38.7. The Morgan fingerprint density at radius 2 is 1.20 bits per heavy atom. The fourth-order valence-corrected chi connectivity index (χ4v) is 9.08. The third-order valence-corrected chi connectivity index (χ3v) is 14.3. The van der Waals surface area contributed by atoms with E-state index in [4.69, 9.17) is 9.97 Å². The lowest BCUT2D eigenvalue weighted by molar-refractivity contribution is 0.445. The Labute approximate surface area is 310 Å². The van der Waals surface area contributed by atoms with E-state index in [0.29, 0.717) is 5.75 Å². The second kappa shape index (κ2) is 12.9. The maximum Gasteiger partial charge on any atom is 0.145 e. The molecule has 1 N–H and O–H groups in total. The van der Waals surface area contributed by atoms with Gasteiger partial charge < -0.3 is 9.67 Å². The van der Waals surface area contributed by atoms with Crippen LogP contribution >= 0.6 is 0 Å². The van der Waals surface area contributed by atoms with Gasteiger partial charge in [-0.1, -0.05) is 130 Å². The third-order valence-electron chi connectivity index (χ3n) is 10.2. The van der Waals surface area contributed by atoms with Gasteiger partial charge in [0.15, 0.2) is 0 Å².